The standard InChI is InChI=1S/C86H54BN7S/c1-5-23-56(24-6-1)70-53-73(89-85(88-70)58-27-9-3-10-28-58)61-45-49-75(94-74-37-17-13-34-66(74)82-78(94)50-48-65-64-33-14-20-42-81(64)95-84(65)82)67(52-61)86-90-71(57-25-7-2-8-26-57)54-72(91-86)60-30-21-29-59(51-60)55-43-46-63(47-44-55)93-77-39-19-16-36-69(77)87-68-35-15-18-38-76(68)92(62-31-11-4-12-32-62)79-40-22-41-80(93)83(79)87/h1-54H. The highest BCUT2D eigenvalue weighted by atomic mass is 32.1. The Morgan fingerprint density at radius 1 is 0.284 bits per heavy atom. The third-order valence-electron chi connectivity index (χ3n) is 19.0. The predicted molar refractivity (Wildman–Crippen MR) is 397 cm³/mol. The average molecular weight is 1230 g/mol. The summed E-state index contributed by atoms with van der Waals surface area (Å²) < 4.78 is 4.96. The van der Waals surface area contributed by atoms with E-state index in [9.17, 15) is 0 Å². The molecule has 2 aliphatic rings. The highest BCUT2D eigenvalue weighted by molar-refractivity contribution is 7.26. The number of para-hydroxylation sites is 4. The Bertz CT molecular complexity index is 5820. The van der Waals surface area contributed by atoms with Crippen molar-refractivity contribution < 1.29 is 0 Å². The van der Waals surface area contributed by atoms with Gasteiger partial charge < -0.3 is 14.4 Å². The number of anilines is 6. The Kier molecular flexibility index (Phi) is 12.7. The van der Waals surface area contributed by atoms with Gasteiger partial charge in [0.1, 0.15) is 0 Å². The molecule has 0 amide bonds. The summed E-state index contributed by atoms with van der Waals surface area (Å²) in [4.78, 5) is 26.8. The fraction of sp³-hybridized carbons (Fsp3) is 0. The number of rotatable bonds is 10. The Labute approximate surface area is 553 Å². The SMILES string of the molecule is c1ccc(-c2cc(-c3ccc(-n4c5ccccc5c5c6sc7ccccc7c6ccc54)c(-c4nc(-c5ccccc5)cc(-c5cccc(-c6ccc(N7c8ccccc8B8c9ccccc9N(c9ccccc9)c9cccc7c98)cc6)c5)n4)c3)nc(-c3ccccc3)n2)cc1. The molecule has 0 saturated heterocycles. The Morgan fingerprint density at radius 2 is 0.768 bits per heavy atom. The van der Waals surface area contributed by atoms with Crippen LogP contribution in [0.4, 0.5) is 34.1 Å². The van der Waals surface area contributed by atoms with Crippen LogP contribution in [-0.4, -0.2) is 31.2 Å². The zero-order valence-electron chi connectivity index (χ0n) is 51.3. The molecular formula is C86H54BN7S. The summed E-state index contributed by atoms with van der Waals surface area (Å²) >= 11 is 1.86. The summed E-state index contributed by atoms with van der Waals surface area (Å²) in [6.45, 7) is 0.0687. The van der Waals surface area contributed by atoms with E-state index in [0.717, 1.165) is 95.4 Å². The third kappa shape index (κ3) is 9.03. The van der Waals surface area contributed by atoms with Gasteiger partial charge in [0, 0.05) is 98.4 Å². The van der Waals surface area contributed by atoms with Crippen molar-refractivity contribution in [3.63, 3.8) is 0 Å². The molecule has 0 spiro atoms. The lowest BCUT2D eigenvalue weighted by Crippen LogP contribution is -2.61. The number of hydrogen-bond donors (Lipinski definition) is 0. The maximum absolute atomic E-state index is 5.73. The van der Waals surface area contributed by atoms with Crippen LogP contribution >= 0.6 is 11.3 Å². The molecule has 17 aromatic rings. The van der Waals surface area contributed by atoms with Crippen molar-refractivity contribution in [1.82, 2.24) is 24.5 Å². The van der Waals surface area contributed by atoms with Gasteiger partial charge in [0.2, 0.25) is 0 Å². The van der Waals surface area contributed by atoms with Crippen molar-refractivity contribution >= 4 is 111 Å². The molecule has 0 atom stereocenters. The first kappa shape index (κ1) is 54.4. The van der Waals surface area contributed by atoms with Gasteiger partial charge in [0.05, 0.1) is 39.5 Å². The maximum Gasteiger partial charge on any atom is 0.252 e. The van der Waals surface area contributed by atoms with E-state index in [4.69, 9.17) is 19.9 Å². The largest absolute Gasteiger partial charge is 0.311 e. The quantitative estimate of drug-likeness (QED) is 0.127. The molecule has 13 aromatic carbocycles. The number of fused-ring (bicyclic) bond motifs is 11. The van der Waals surface area contributed by atoms with Crippen LogP contribution in [0.25, 0.3) is 127 Å². The summed E-state index contributed by atoms with van der Waals surface area (Å²) in [6, 6.07) is 118. The second-order valence-electron chi connectivity index (χ2n) is 24.4. The van der Waals surface area contributed by atoms with Crippen LogP contribution in [0.2, 0.25) is 0 Å². The van der Waals surface area contributed by atoms with Gasteiger partial charge >= 0.3 is 0 Å². The Balaban J connectivity index is 0.771. The van der Waals surface area contributed by atoms with Crippen molar-refractivity contribution in [3.05, 3.63) is 328 Å². The molecule has 95 heavy (non-hydrogen) atoms. The van der Waals surface area contributed by atoms with Crippen LogP contribution in [-0.2, 0) is 0 Å². The molecule has 19 rings (SSSR count). The molecule has 0 fully saturated rings. The summed E-state index contributed by atoms with van der Waals surface area (Å²) in [7, 11) is 0. The minimum Gasteiger partial charge on any atom is -0.311 e. The fourth-order valence-corrected chi connectivity index (χ4v) is 16.0. The van der Waals surface area contributed by atoms with Crippen molar-refractivity contribution in [2.45, 2.75) is 0 Å². The molecule has 6 heterocycles. The van der Waals surface area contributed by atoms with Crippen LogP contribution in [0.1, 0.15) is 0 Å². The Hall–Kier alpha value is -12.3. The summed E-state index contributed by atoms with van der Waals surface area (Å²) in [6.07, 6.45) is 0. The normalized spacial score (nSPS) is 12.4. The van der Waals surface area contributed by atoms with Gasteiger partial charge in [0.15, 0.2) is 11.6 Å². The summed E-state index contributed by atoms with van der Waals surface area (Å²) in [5.41, 5.74) is 25.1. The molecule has 9 heteroatoms. The second kappa shape index (κ2) is 22.2. The molecule has 7 nitrogen and oxygen atoms in total. The van der Waals surface area contributed by atoms with E-state index in [0.29, 0.717) is 11.6 Å². The number of hydrogen-bond acceptors (Lipinski definition) is 7. The van der Waals surface area contributed by atoms with Crippen LogP contribution in [0, 0.1) is 0 Å². The van der Waals surface area contributed by atoms with Crippen molar-refractivity contribution in [2.24, 2.45) is 0 Å². The molecule has 0 N–H and O–H groups in total. The van der Waals surface area contributed by atoms with E-state index in [1.54, 1.807) is 0 Å². The van der Waals surface area contributed by atoms with E-state index >= 15 is 0 Å². The van der Waals surface area contributed by atoms with Gasteiger partial charge in [-0.2, -0.15) is 0 Å². The van der Waals surface area contributed by atoms with E-state index in [2.05, 4.69) is 318 Å². The highest BCUT2D eigenvalue weighted by Gasteiger charge is 2.43. The van der Waals surface area contributed by atoms with Gasteiger partial charge in [-0.15, -0.1) is 11.3 Å². The zero-order valence-corrected chi connectivity index (χ0v) is 52.1. The van der Waals surface area contributed by atoms with Gasteiger partial charge in [-0.25, -0.2) is 19.9 Å². The van der Waals surface area contributed by atoms with E-state index < -0.39 is 0 Å². The van der Waals surface area contributed by atoms with Crippen molar-refractivity contribution in [3.8, 4) is 84.6 Å². The maximum atomic E-state index is 5.73. The molecular weight excluding hydrogens is 1170 g/mol. The molecule has 0 radical (unpaired) electrons. The minimum atomic E-state index is 0.0687. The first-order valence-corrected chi connectivity index (χ1v) is 33.0. The fourth-order valence-electron chi connectivity index (χ4n) is 14.7. The second-order valence-corrected chi connectivity index (χ2v) is 25.5. The smallest absolute Gasteiger partial charge is 0.252 e. The molecule has 0 bridgehead atoms. The zero-order chi connectivity index (χ0) is 62.5. The molecule has 442 valence electrons. The lowest BCUT2D eigenvalue weighted by molar-refractivity contribution is 1.13. The van der Waals surface area contributed by atoms with Gasteiger partial charge in [-0.1, -0.05) is 231 Å². The van der Waals surface area contributed by atoms with E-state index in [1.807, 2.05) is 35.6 Å². The molecule has 0 saturated carbocycles. The van der Waals surface area contributed by atoms with Crippen LogP contribution < -0.4 is 26.2 Å². The van der Waals surface area contributed by atoms with Crippen molar-refractivity contribution in [1.29, 1.82) is 0 Å². The summed E-state index contributed by atoms with van der Waals surface area (Å²) in [5.74, 6) is 1.23. The third-order valence-corrected chi connectivity index (χ3v) is 20.2. The average Bonchev–Trinajstić information content (AvgIpc) is 1.71. The number of nitrogens with zero attached hydrogens (tertiary/aromatic N) is 7. The van der Waals surface area contributed by atoms with Gasteiger partial charge in [-0.3, -0.25) is 0 Å². The number of thiophene rings is 1. The highest BCUT2D eigenvalue weighted by Crippen LogP contribution is 2.47. The first-order valence-electron chi connectivity index (χ1n) is 32.2. The molecule has 0 unspecified atom stereocenters. The predicted octanol–water partition coefficient (Wildman–Crippen LogP) is 20.5. The van der Waals surface area contributed by atoms with E-state index in [1.165, 1.54) is 70.1 Å². The Morgan fingerprint density at radius 3 is 1.43 bits per heavy atom. The van der Waals surface area contributed by atoms with Crippen LogP contribution in [0.3, 0.4) is 0 Å². The topological polar surface area (TPSA) is 63.0 Å². The lowest BCUT2D eigenvalue weighted by Gasteiger charge is -2.44. The molecule has 4 aromatic heterocycles. The minimum absolute atomic E-state index is 0.0687. The van der Waals surface area contributed by atoms with Gasteiger partial charge in [0.25, 0.3) is 6.71 Å². The van der Waals surface area contributed by atoms with Crippen molar-refractivity contribution in [2.75, 3.05) is 9.80 Å². The van der Waals surface area contributed by atoms with E-state index in [-0.39, 0.29) is 6.71 Å². The molecule has 2 aliphatic heterocycles. The lowest BCUT2D eigenvalue weighted by atomic mass is 9.33. The van der Waals surface area contributed by atoms with Crippen LogP contribution in [0.15, 0.2) is 328 Å². The monoisotopic (exact) mass is 1230 g/mol. The van der Waals surface area contributed by atoms with Gasteiger partial charge in [-0.05, 0) is 125 Å². The number of benzene rings is 13. The number of aromatic nitrogens is 5. The summed E-state index contributed by atoms with van der Waals surface area (Å²) in [5, 5.41) is 4.94. The first-order chi connectivity index (χ1) is 47.1. The molecule has 0 aliphatic carbocycles. The van der Waals surface area contributed by atoms with Crippen LogP contribution in [0.5, 0.6) is 0 Å².